The van der Waals surface area contributed by atoms with Gasteiger partial charge in [-0.15, -0.1) is 10.2 Å². The van der Waals surface area contributed by atoms with E-state index >= 15 is 0 Å². The van der Waals surface area contributed by atoms with Crippen molar-refractivity contribution in [1.29, 1.82) is 0 Å². The molecule has 2 heterocycles. The van der Waals surface area contributed by atoms with E-state index < -0.39 is 0 Å². The molecule has 0 fully saturated rings. The van der Waals surface area contributed by atoms with Gasteiger partial charge in [-0.2, -0.15) is 0 Å². The van der Waals surface area contributed by atoms with Gasteiger partial charge in [-0.3, -0.25) is 0 Å². The molecule has 0 bridgehead atoms. The Bertz CT molecular complexity index is 1360. The Morgan fingerprint density at radius 3 is 1.03 bits per heavy atom. The fourth-order valence-electron chi connectivity index (χ4n) is 4.15. The van der Waals surface area contributed by atoms with E-state index in [-0.39, 0.29) is 0 Å². The lowest BCUT2D eigenvalue weighted by Gasteiger charge is -2.02. The Hall–Kier alpha value is -5.10. The first-order chi connectivity index (χ1) is 17.8. The van der Waals surface area contributed by atoms with Crippen LogP contribution < -0.4 is 0 Å². The zero-order valence-electron chi connectivity index (χ0n) is 19.3. The maximum Gasteiger partial charge on any atom is 0.247 e. The highest BCUT2D eigenvalue weighted by Gasteiger charge is 2.16. The van der Waals surface area contributed by atoms with Crippen LogP contribution in [0.1, 0.15) is 0 Å². The Labute approximate surface area is 208 Å². The van der Waals surface area contributed by atoms with Gasteiger partial charge in [0.2, 0.25) is 11.9 Å². The number of aromatic amines is 2. The van der Waals surface area contributed by atoms with Crippen LogP contribution in [0.2, 0.25) is 0 Å². The van der Waals surface area contributed by atoms with Crippen LogP contribution in [0, 0.1) is 0 Å². The molecule has 2 N–H and O–H groups in total. The fraction of sp³-hybridized carbons (Fsp3) is 0. The largest absolute Gasteiger partial charge is 0.320 e. The van der Waals surface area contributed by atoms with Crippen molar-refractivity contribution >= 4 is 11.9 Å². The van der Waals surface area contributed by atoms with Crippen LogP contribution in [0.4, 0.5) is 11.9 Å². The second-order valence-corrected chi connectivity index (χ2v) is 8.23. The molecule has 0 radical (unpaired) electrons. The predicted molar refractivity (Wildman–Crippen MR) is 143 cm³/mol. The van der Waals surface area contributed by atoms with Gasteiger partial charge in [0.1, 0.15) is 0 Å². The summed E-state index contributed by atoms with van der Waals surface area (Å²) in [7, 11) is 0. The topological polar surface area (TPSA) is 82.1 Å². The molecule has 4 aromatic carbocycles. The van der Waals surface area contributed by atoms with Gasteiger partial charge in [0.25, 0.3) is 0 Å². The highest BCUT2D eigenvalue weighted by Crippen LogP contribution is 2.34. The van der Waals surface area contributed by atoms with Crippen molar-refractivity contribution in [2.75, 3.05) is 0 Å². The second kappa shape index (κ2) is 9.64. The molecule has 6 nitrogen and oxygen atoms in total. The van der Waals surface area contributed by atoms with Gasteiger partial charge in [-0.1, -0.05) is 121 Å². The molecule has 36 heavy (non-hydrogen) atoms. The molecule has 0 aliphatic rings. The smallest absolute Gasteiger partial charge is 0.247 e. The van der Waals surface area contributed by atoms with Crippen LogP contribution in [-0.2, 0) is 0 Å². The van der Waals surface area contributed by atoms with Crippen LogP contribution in [0.15, 0.2) is 132 Å². The standard InChI is InChI=1S/C30H22N6/c1-5-13-21(14-6-1)25-26(22-15-7-2-8-16-22)32-29(31-25)35-36-30-33-27(23-17-9-3-10-18-23)28(34-30)24-19-11-4-12-20-24/h1-20H,(H,31,32)(H,33,34). The lowest BCUT2D eigenvalue weighted by Crippen LogP contribution is -1.82. The van der Waals surface area contributed by atoms with Gasteiger partial charge in [0.15, 0.2) is 0 Å². The molecule has 0 amide bonds. The first-order valence-corrected chi connectivity index (χ1v) is 11.7. The van der Waals surface area contributed by atoms with Gasteiger partial charge in [0, 0.05) is 22.3 Å². The van der Waals surface area contributed by atoms with Crippen molar-refractivity contribution in [1.82, 2.24) is 19.9 Å². The third-order valence-corrected chi connectivity index (χ3v) is 5.84. The number of imidazole rings is 2. The Balaban J connectivity index is 1.40. The highest BCUT2D eigenvalue weighted by molar-refractivity contribution is 5.80. The number of azo groups is 1. The fourth-order valence-corrected chi connectivity index (χ4v) is 4.15. The molecular formula is C30H22N6. The summed E-state index contributed by atoms with van der Waals surface area (Å²) in [6.07, 6.45) is 0. The molecule has 0 unspecified atom stereocenters. The van der Waals surface area contributed by atoms with Crippen molar-refractivity contribution in [2.24, 2.45) is 10.2 Å². The minimum absolute atomic E-state index is 0.409. The van der Waals surface area contributed by atoms with E-state index in [1.165, 1.54) is 0 Å². The number of hydrogen-bond donors (Lipinski definition) is 2. The zero-order chi connectivity index (χ0) is 24.2. The molecule has 0 saturated carbocycles. The van der Waals surface area contributed by atoms with Crippen LogP contribution in [0.25, 0.3) is 45.0 Å². The number of rotatable bonds is 6. The Kier molecular flexibility index (Phi) is 5.74. The summed E-state index contributed by atoms with van der Waals surface area (Å²) in [5.41, 5.74) is 7.50. The van der Waals surface area contributed by atoms with Crippen molar-refractivity contribution in [3.63, 3.8) is 0 Å². The summed E-state index contributed by atoms with van der Waals surface area (Å²) in [6, 6.07) is 40.3. The minimum Gasteiger partial charge on any atom is -0.320 e. The van der Waals surface area contributed by atoms with Gasteiger partial charge in [-0.25, -0.2) is 9.97 Å². The van der Waals surface area contributed by atoms with Gasteiger partial charge in [-0.05, 0) is 0 Å². The van der Waals surface area contributed by atoms with Crippen LogP contribution in [0.5, 0.6) is 0 Å². The number of hydrogen-bond acceptors (Lipinski definition) is 4. The van der Waals surface area contributed by atoms with Crippen LogP contribution in [0.3, 0.4) is 0 Å². The van der Waals surface area contributed by atoms with E-state index in [0.717, 1.165) is 45.0 Å². The summed E-state index contributed by atoms with van der Waals surface area (Å²) in [4.78, 5) is 16.2. The average molecular weight is 467 g/mol. The normalized spacial score (nSPS) is 11.2. The van der Waals surface area contributed by atoms with E-state index in [9.17, 15) is 0 Å². The molecule has 6 rings (SSSR count). The summed E-state index contributed by atoms with van der Waals surface area (Å²) in [6.45, 7) is 0. The van der Waals surface area contributed by atoms with Gasteiger partial charge < -0.3 is 9.97 Å². The van der Waals surface area contributed by atoms with Crippen LogP contribution in [-0.4, -0.2) is 19.9 Å². The maximum atomic E-state index is 4.76. The summed E-state index contributed by atoms with van der Waals surface area (Å²) >= 11 is 0. The number of aromatic nitrogens is 4. The molecular weight excluding hydrogens is 444 g/mol. The molecule has 6 heteroatoms. The predicted octanol–water partition coefficient (Wildman–Crippen LogP) is 8.22. The maximum absolute atomic E-state index is 4.76. The second-order valence-electron chi connectivity index (χ2n) is 8.23. The SMILES string of the molecule is c1ccc(-c2nc(N=Nc3nc(-c4ccccc4)c(-c4ccccc4)[nH]3)[nH]c2-c2ccccc2)cc1. The molecule has 0 aliphatic carbocycles. The van der Waals surface area contributed by atoms with Crippen molar-refractivity contribution < 1.29 is 0 Å². The molecule has 2 aromatic heterocycles. The Morgan fingerprint density at radius 1 is 0.389 bits per heavy atom. The average Bonchev–Trinajstić information content (AvgIpc) is 3.59. The number of nitrogens with zero attached hydrogens (tertiary/aromatic N) is 4. The van der Waals surface area contributed by atoms with Crippen molar-refractivity contribution in [3.8, 4) is 45.0 Å². The summed E-state index contributed by atoms with van der Waals surface area (Å²) in [5.74, 6) is 0.818. The number of benzene rings is 4. The molecule has 172 valence electrons. The molecule has 0 spiro atoms. The summed E-state index contributed by atoms with van der Waals surface area (Å²) in [5, 5.41) is 8.83. The van der Waals surface area contributed by atoms with E-state index in [2.05, 4.69) is 20.2 Å². The lowest BCUT2D eigenvalue weighted by molar-refractivity contribution is 1.07. The molecule has 0 atom stereocenters. The van der Waals surface area contributed by atoms with Gasteiger partial charge in [0.05, 0.1) is 22.8 Å². The number of nitrogens with one attached hydrogen (secondary N) is 2. The molecule has 0 aliphatic heterocycles. The number of H-pyrrole nitrogens is 2. The van der Waals surface area contributed by atoms with E-state index in [1.54, 1.807) is 0 Å². The van der Waals surface area contributed by atoms with Gasteiger partial charge >= 0.3 is 0 Å². The third kappa shape index (κ3) is 4.35. The third-order valence-electron chi connectivity index (χ3n) is 5.84. The van der Waals surface area contributed by atoms with E-state index in [0.29, 0.717) is 11.9 Å². The summed E-state index contributed by atoms with van der Waals surface area (Å²) < 4.78 is 0. The quantitative estimate of drug-likeness (QED) is 0.242. The first kappa shape index (κ1) is 21.4. The minimum atomic E-state index is 0.409. The Morgan fingerprint density at radius 2 is 0.694 bits per heavy atom. The highest BCUT2D eigenvalue weighted by atomic mass is 15.3. The molecule has 0 saturated heterocycles. The van der Waals surface area contributed by atoms with Crippen LogP contribution >= 0.6 is 0 Å². The first-order valence-electron chi connectivity index (χ1n) is 11.7. The lowest BCUT2D eigenvalue weighted by atomic mass is 10.1. The van der Waals surface area contributed by atoms with Crippen molar-refractivity contribution in [3.05, 3.63) is 121 Å². The molecule has 6 aromatic rings. The van der Waals surface area contributed by atoms with E-state index in [1.807, 2.05) is 121 Å². The monoisotopic (exact) mass is 466 g/mol. The van der Waals surface area contributed by atoms with Crippen molar-refractivity contribution in [2.45, 2.75) is 0 Å². The van der Waals surface area contributed by atoms with E-state index in [4.69, 9.17) is 9.97 Å². The zero-order valence-corrected chi connectivity index (χ0v) is 19.3.